The van der Waals surface area contributed by atoms with Crippen LogP contribution < -0.4 is 4.90 Å². The molecule has 2 heteroatoms. The predicted molar refractivity (Wildman–Crippen MR) is 60.4 cm³/mol. The van der Waals surface area contributed by atoms with Gasteiger partial charge in [-0.3, -0.25) is 0 Å². The molecule has 1 heterocycles. The fraction of sp³-hybridized carbons (Fsp3) is 0.417. The molecule has 1 aromatic carbocycles. The van der Waals surface area contributed by atoms with E-state index in [2.05, 4.69) is 30.0 Å². The molecule has 1 aromatic rings. The van der Waals surface area contributed by atoms with Gasteiger partial charge in [0.2, 0.25) is 0 Å². The molecule has 0 amide bonds. The second-order valence-corrected chi connectivity index (χ2v) is 3.68. The standard InChI is InChI=1S/C12H16N2/c1-2-14-9-5-7-11(13)10-6-3-4-8-12(10)14/h3-4,6,8,13H,2,5,7,9H2,1H3. The van der Waals surface area contributed by atoms with Gasteiger partial charge in [-0.25, -0.2) is 0 Å². The second kappa shape index (κ2) is 3.82. The zero-order valence-corrected chi connectivity index (χ0v) is 8.59. The van der Waals surface area contributed by atoms with E-state index < -0.39 is 0 Å². The Morgan fingerprint density at radius 1 is 1.36 bits per heavy atom. The molecule has 2 nitrogen and oxygen atoms in total. The van der Waals surface area contributed by atoms with Gasteiger partial charge >= 0.3 is 0 Å². The molecule has 1 aliphatic heterocycles. The Hall–Kier alpha value is -1.31. The third-order valence-electron chi connectivity index (χ3n) is 2.81. The van der Waals surface area contributed by atoms with E-state index in [1.54, 1.807) is 0 Å². The fourth-order valence-corrected chi connectivity index (χ4v) is 2.03. The number of hydrogen-bond acceptors (Lipinski definition) is 2. The van der Waals surface area contributed by atoms with Crippen LogP contribution in [-0.2, 0) is 0 Å². The monoisotopic (exact) mass is 188 g/mol. The van der Waals surface area contributed by atoms with E-state index in [0.29, 0.717) is 0 Å². The lowest BCUT2D eigenvalue weighted by Gasteiger charge is -2.22. The molecule has 0 atom stereocenters. The summed E-state index contributed by atoms with van der Waals surface area (Å²) < 4.78 is 0. The SMILES string of the molecule is CCN1CCCC(=N)c2ccccc21. The number of nitrogens with one attached hydrogen (secondary N) is 1. The van der Waals surface area contributed by atoms with Crippen molar-refractivity contribution in [2.45, 2.75) is 19.8 Å². The molecule has 0 bridgehead atoms. The Morgan fingerprint density at radius 3 is 2.93 bits per heavy atom. The average Bonchev–Trinajstić information content (AvgIpc) is 2.39. The minimum Gasteiger partial charge on any atom is -0.371 e. The molecular weight excluding hydrogens is 172 g/mol. The molecule has 1 aliphatic rings. The third kappa shape index (κ3) is 1.52. The summed E-state index contributed by atoms with van der Waals surface area (Å²) in [4.78, 5) is 2.36. The van der Waals surface area contributed by atoms with Crippen LogP contribution in [0.2, 0.25) is 0 Å². The summed E-state index contributed by atoms with van der Waals surface area (Å²) in [6, 6.07) is 8.26. The fourth-order valence-electron chi connectivity index (χ4n) is 2.03. The maximum atomic E-state index is 7.95. The number of anilines is 1. The van der Waals surface area contributed by atoms with Crippen LogP contribution in [0.5, 0.6) is 0 Å². The zero-order valence-electron chi connectivity index (χ0n) is 8.59. The summed E-state index contributed by atoms with van der Waals surface area (Å²) in [5.74, 6) is 0. The quantitative estimate of drug-likeness (QED) is 0.720. The first-order valence-electron chi connectivity index (χ1n) is 5.24. The summed E-state index contributed by atoms with van der Waals surface area (Å²) in [7, 11) is 0. The van der Waals surface area contributed by atoms with E-state index in [9.17, 15) is 0 Å². The lowest BCUT2D eigenvalue weighted by Crippen LogP contribution is -2.23. The van der Waals surface area contributed by atoms with E-state index in [-0.39, 0.29) is 0 Å². The summed E-state index contributed by atoms with van der Waals surface area (Å²) in [5, 5.41) is 7.95. The van der Waals surface area contributed by atoms with E-state index in [1.807, 2.05) is 6.07 Å². The van der Waals surface area contributed by atoms with Crippen LogP contribution in [0.15, 0.2) is 24.3 Å². The van der Waals surface area contributed by atoms with Crippen molar-refractivity contribution in [3.05, 3.63) is 29.8 Å². The van der Waals surface area contributed by atoms with Gasteiger partial charge in [0.15, 0.2) is 0 Å². The number of hydrogen-bond donors (Lipinski definition) is 1. The third-order valence-corrected chi connectivity index (χ3v) is 2.81. The first-order valence-corrected chi connectivity index (χ1v) is 5.24. The number of fused-ring (bicyclic) bond motifs is 1. The van der Waals surface area contributed by atoms with Gasteiger partial charge in [0.05, 0.1) is 0 Å². The van der Waals surface area contributed by atoms with Crippen molar-refractivity contribution in [1.29, 1.82) is 5.41 Å². The van der Waals surface area contributed by atoms with Crippen LogP contribution in [-0.4, -0.2) is 18.8 Å². The average molecular weight is 188 g/mol. The molecule has 0 saturated carbocycles. The normalized spacial score (nSPS) is 16.4. The van der Waals surface area contributed by atoms with E-state index in [1.165, 1.54) is 5.69 Å². The van der Waals surface area contributed by atoms with Crippen molar-refractivity contribution in [2.24, 2.45) is 0 Å². The Bertz CT molecular complexity index is 344. The smallest absolute Gasteiger partial charge is 0.0457 e. The highest BCUT2D eigenvalue weighted by molar-refractivity contribution is 6.03. The summed E-state index contributed by atoms with van der Waals surface area (Å²) in [6.45, 7) is 4.28. The van der Waals surface area contributed by atoms with E-state index >= 15 is 0 Å². The second-order valence-electron chi connectivity index (χ2n) is 3.68. The lowest BCUT2D eigenvalue weighted by molar-refractivity contribution is 0.778. The van der Waals surface area contributed by atoms with Crippen LogP contribution >= 0.6 is 0 Å². The first-order chi connectivity index (χ1) is 6.83. The van der Waals surface area contributed by atoms with Crippen molar-refractivity contribution >= 4 is 11.4 Å². The van der Waals surface area contributed by atoms with Gasteiger partial charge < -0.3 is 10.3 Å². The Labute approximate surface area is 85.1 Å². The lowest BCUT2D eigenvalue weighted by atomic mass is 10.1. The topological polar surface area (TPSA) is 27.1 Å². The van der Waals surface area contributed by atoms with Gasteiger partial charge in [-0.1, -0.05) is 18.2 Å². The summed E-state index contributed by atoms with van der Waals surface area (Å²) >= 11 is 0. The van der Waals surface area contributed by atoms with Crippen LogP contribution in [0.3, 0.4) is 0 Å². The highest BCUT2D eigenvalue weighted by Gasteiger charge is 2.16. The zero-order chi connectivity index (χ0) is 9.97. The van der Waals surface area contributed by atoms with Crippen LogP contribution in [0.1, 0.15) is 25.3 Å². The van der Waals surface area contributed by atoms with Crippen LogP contribution in [0, 0.1) is 5.41 Å². The van der Waals surface area contributed by atoms with Crippen molar-refractivity contribution in [1.82, 2.24) is 0 Å². The number of benzene rings is 1. The largest absolute Gasteiger partial charge is 0.371 e. The van der Waals surface area contributed by atoms with Crippen molar-refractivity contribution in [3.63, 3.8) is 0 Å². The molecule has 1 N–H and O–H groups in total. The Balaban J connectivity index is 2.47. The molecule has 0 spiro atoms. The van der Waals surface area contributed by atoms with Crippen molar-refractivity contribution < 1.29 is 0 Å². The van der Waals surface area contributed by atoms with Gasteiger partial charge in [-0.2, -0.15) is 0 Å². The molecule has 0 radical (unpaired) electrons. The van der Waals surface area contributed by atoms with Crippen LogP contribution in [0.25, 0.3) is 0 Å². The molecular formula is C12H16N2. The van der Waals surface area contributed by atoms with Gasteiger partial charge in [0.1, 0.15) is 0 Å². The molecule has 0 aliphatic carbocycles. The maximum Gasteiger partial charge on any atom is 0.0457 e. The molecule has 0 unspecified atom stereocenters. The number of nitrogens with zero attached hydrogens (tertiary/aromatic N) is 1. The Kier molecular flexibility index (Phi) is 2.53. The van der Waals surface area contributed by atoms with Gasteiger partial charge in [-0.15, -0.1) is 0 Å². The van der Waals surface area contributed by atoms with Gasteiger partial charge in [0, 0.05) is 30.1 Å². The summed E-state index contributed by atoms with van der Waals surface area (Å²) in [5.41, 5.74) is 3.14. The molecule has 0 saturated heterocycles. The molecule has 0 fully saturated rings. The predicted octanol–water partition coefficient (Wildman–Crippen LogP) is 2.67. The van der Waals surface area contributed by atoms with Gasteiger partial charge in [-0.05, 0) is 25.8 Å². The summed E-state index contributed by atoms with van der Waals surface area (Å²) in [6.07, 6.45) is 2.01. The van der Waals surface area contributed by atoms with E-state index in [4.69, 9.17) is 5.41 Å². The van der Waals surface area contributed by atoms with E-state index in [0.717, 1.165) is 37.2 Å². The van der Waals surface area contributed by atoms with Crippen molar-refractivity contribution in [3.8, 4) is 0 Å². The minimum atomic E-state index is 0.788. The molecule has 2 rings (SSSR count). The van der Waals surface area contributed by atoms with Crippen molar-refractivity contribution in [2.75, 3.05) is 18.0 Å². The van der Waals surface area contributed by atoms with Gasteiger partial charge in [0.25, 0.3) is 0 Å². The maximum absolute atomic E-state index is 7.95. The molecule has 74 valence electrons. The van der Waals surface area contributed by atoms with Crippen LogP contribution in [0.4, 0.5) is 5.69 Å². The molecule has 0 aromatic heterocycles. The minimum absolute atomic E-state index is 0.788. The Morgan fingerprint density at radius 2 is 2.14 bits per heavy atom. The molecule has 14 heavy (non-hydrogen) atoms. The number of rotatable bonds is 1. The highest BCUT2D eigenvalue weighted by Crippen LogP contribution is 2.25. The highest BCUT2D eigenvalue weighted by atomic mass is 15.1. The first kappa shape index (κ1) is 9.25. The number of para-hydroxylation sites is 1.